The van der Waals surface area contributed by atoms with Gasteiger partial charge in [0.05, 0.1) is 52.0 Å². The van der Waals surface area contributed by atoms with E-state index < -0.39 is 78.6 Å². The molecular weight excluding hydrogens is 649 g/mol. The molecule has 0 aliphatic heterocycles. The zero-order valence-corrected chi connectivity index (χ0v) is 27.5. The fraction of sp³-hybridized carbons (Fsp3) is 0.0208. The summed E-state index contributed by atoms with van der Waals surface area (Å²) in [7, 11) is 0. The van der Waals surface area contributed by atoms with Crippen molar-refractivity contribution in [3.8, 4) is 34.0 Å². The summed E-state index contributed by atoms with van der Waals surface area (Å²) in [5.41, 5.74) is 5.27. The van der Waals surface area contributed by atoms with Gasteiger partial charge >= 0.3 is 0 Å². The van der Waals surface area contributed by atoms with Crippen LogP contribution in [0, 0.1) is 0 Å². The summed E-state index contributed by atoms with van der Waals surface area (Å²) in [5, 5.41) is 0.593. The molecule has 0 N–H and O–H groups in total. The van der Waals surface area contributed by atoms with Crippen LogP contribution in [-0.4, -0.2) is 14.5 Å². The molecule has 0 unspecified atom stereocenters. The predicted molar refractivity (Wildman–Crippen MR) is 214 cm³/mol. The highest BCUT2D eigenvalue weighted by atomic mass is 16.3. The van der Waals surface area contributed by atoms with Crippen LogP contribution in [0.5, 0.6) is 0 Å². The van der Waals surface area contributed by atoms with E-state index in [1.54, 1.807) is 4.57 Å². The third kappa shape index (κ3) is 4.04. The summed E-state index contributed by atoms with van der Waals surface area (Å²) in [4.78, 5) is 9.96. The number of hydrogen-bond acceptors (Lipinski definition) is 3. The van der Waals surface area contributed by atoms with E-state index in [2.05, 4.69) is 34.9 Å². The average Bonchev–Trinajstić information content (AvgIpc) is 4.01. The highest BCUT2D eigenvalue weighted by Gasteiger charge is 2.30. The standard InChI is InChI=1S/C48H29N4O/c1-2-13-31(14-3-1)51-25-11-19-33-38-28-39-34-16-7-9-21-41(34)52(43(39)27-30(38)26-42(33)51)48-49-40-20-8-6-17-35(40)46(50-48)36-18-10-22-44-45(36)37-24-23-29-12-4-5-15-32(29)47(37)53-44/h1-25,27-28H,26H2/q+1/i4D,5D,6D,8D,10D,12D,15D,17D,18D,20D,22D,23D,24D. The van der Waals surface area contributed by atoms with Crippen molar-refractivity contribution >= 4 is 65.4 Å². The third-order valence-corrected chi connectivity index (χ3v) is 10.2. The van der Waals surface area contributed by atoms with Crippen LogP contribution in [0.1, 0.15) is 29.1 Å². The lowest BCUT2D eigenvalue weighted by atomic mass is 9.99. The summed E-state index contributed by atoms with van der Waals surface area (Å²) < 4.78 is 126. The van der Waals surface area contributed by atoms with Crippen LogP contribution in [0.2, 0.25) is 0 Å². The van der Waals surface area contributed by atoms with E-state index in [-0.39, 0.29) is 60.8 Å². The van der Waals surface area contributed by atoms with E-state index >= 15 is 0 Å². The number of furan rings is 1. The number of para-hydroxylation sites is 3. The predicted octanol–water partition coefficient (Wildman–Crippen LogP) is 11.3. The van der Waals surface area contributed by atoms with Gasteiger partial charge in [0.25, 0.3) is 0 Å². The third-order valence-electron chi connectivity index (χ3n) is 10.2. The Labute approximate surface area is 321 Å². The van der Waals surface area contributed by atoms with Gasteiger partial charge in [0.15, 0.2) is 11.9 Å². The molecule has 1 aliphatic carbocycles. The molecule has 0 bridgehead atoms. The lowest BCUT2D eigenvalue weighted by Gasteiger charge is -2.13. The van der Waals surface area contributed by atoms with Gasteiger partial charge in [-0.3, -0.25) is 4.57 Å². The zero-order valence-electron chi connectivity index (χ0n) is 40.5. The minimum atomic E-state index is -0.644. The smallest absolute Gasteiger partial charge is 0.235 e. The van der Waals surface area contributed by atoms with Crippen LogP contribution >= 0.6 is 0 Å². The summed E-state index contributed by atoms with van der Waals surface area (Å²) in [6, 6.07) is 18.4. The molecule has 0 amide bonds. The number of pyridine rings is 1. The summed E-state index contributed by atoms with van der Waals surface area (Å²) in [5.74, 6) is -0.0442. The number of aromatic nitrogens is 4. The van der Waals surface area contributed by atoms with Crippen molar-refractivity contribution in [1.29, 1.82) is 0 Å². The summed E-state index contributed by atoms with van der Waals surface area (Å²) in [6.07, 6.45) is 2.62. The Balaban J connectivity index is 1.22. The normalized spacial score (nSPS) is 15.9. The van der Waals surface area contributed by atoms with Crippen molar-refractivity contribution in [3.05, 3.63) is 175 Å². The molecule has 0 spiro atoms. The van der Waals surface area contributed by atoms with Crippen LogP contribution < -0.4 is 4.57 Å². The second-order valence-corrected chi connectivity index (χ2v) is 13.0. The Morgan fingerprint density at radius 3 is 2.42 bits per heavy atom. The van der Waals surface area contributed by atoms with Crippen LogP contribution in [0.25, 0.3) is 99.4 Å². The molecule has 246 valence electrons. The average molecular weight is 691 g/mol. The number of hydrogen-bond donors (Lipinski definition) is 0. The molecule has 5 heteroatoms. The molecule has 4 heterocycles. The Kier molecular flexibility index (Phi) is 3.82. The molecule has 4 aromatic heterocycles. The van der Waals surface area contributed by atoms with Crippen LogP contribution in [0.4, 0.5) is 0 Å². The van der Waals surface area contributed by atoms with Gasteiger partial charge in [-0.2, -0.15) is 4.57 Å². The van der Waals surface area contributed by atoms with E-state index in [1.165, 1.54) is 0 Å². The molecule has 1 aliphatic rings. The van der Waals surface area contributed by atoms with Gasteiger partial charge in [-0.15, -0.1) is 0 Å². The highest BCUT2D eigenvalue weighted by Crippen LogP contribution is 2.43. The lowest BCUT2D eigenvalue weighted by Crippen LogP contribution is -2.34. The van der Waals surface area contributed by atoms with Crippen molar-refractivity contribution in [2.24, 2.45) is 0 Å². The number of fused-ring (bicyclic) bond motifs is 12. The first-order valence-corrected chi connectivity index (χ1v) is 17.0. The Morgan fingerprint density at radius 1 is 0.623 bits per heavy atom. The van der Waals surface area contributed by atoms with Gasteiger partial charge in [0, 0.05) is 56.1 Å². The first-order valence-electron chi connectivity index (χ1n) is 23.5. The molecule has 12 rings (SSSR count). The topological polar surface area (TPSA) is 47.7 Å². The van der Waals surface area contributed by atoms with Crippen molar-refractivity contribution in [3.63, 3.8) is 0 Å². The molecule has 0 fully saturated rings. The molecule has 5 nitrogen and oxygen atoms in total. The molecule has 0 radical (unpaired) electrons. The molecule has 53 heavy (non-hydrogen) atoms. The molecular formula is C48H29N4O+. The fourth-order valence-electron chi connectivity index (χ4n) is 7.92. The van der Waals surface area contributed by atoms with E-state index in [1.807, 2.05) is 54.7 Å². The quantitative estimate of drug-likeness (QED) is 0.173. The highest BCUT2D eigenvalue weighted by molar-refractivity contribution is 6.20. The van der Waals surface area contributed by atoms with Gasteiger partial charge in [-0.25, -0.2) is 9.97 Å². The van der Waals surface area contributed by atoms with Crippen LogP contribution in [-0.2, 0) is 6.42 Å². The van der Waals surface area contributed by atoms with E-state index in [0.717, 1.165) is 38.8 Å². The first kappa shape index (κ1) is 18.9. The summed E-state index contributed by atoms with van der Waals surface area (Å²) >= 11 is 0. The number of nitrogens with zero attached hydrogens (tertiary/aromatic N) is 4. The van der Waals surface area contributed by atoms with Gasteiger partial charge in [0.1, 0.15) is 11.2 Å². The summed E-state index contributed by atoms with van der Waals surface area (Å²) in [6.45, 7) is 0. The van der Waals surface area contributed by atoms with Crippen LogP contribution in [0.15, 0.2) is 168 Å². The minimum absolute atomic E-state index is 0.0442. The maximum Gasteiger partial charge on any atom is 0.235 e. The monoisotopic (exact) mass is 690 g/mol. The largest absolute Gasteiger partial charge is 0.455 e. The Bertz CT molecular complexity index is 4070. The van der Waals surface area contributed by atoms with Crippen molar-refractivity contribution in [1.82, 2.24) is 14.5 Å². The lowest BCUT2D eigenvalue weighted by molar-refractivity contribution is -0.603. The molecule has 0 saturated carbocycles. The minimum Gasteiger partial charge on any atom is -0.455 e. The fourth-order valence-corrected chi connectivity index (χ4v) is 7.92. The maximum absolute atomic E-state index is 9.48. The Morgan fingerprint density at radius 2 is 1.47 bits per heavy atom. The van der Waals surface area contributed by atoms with Gasteiger partial charge in [-0.05, 0) is 58.9 Å². The molecule has 11 aromatic rings. The maximum atomic E-state index is 9.48. The van der Waals surface area contributed by atoms with E-state index in [9.17, 15) is 5.48 Å². The Hall–Kier alpha value is -7.11. The number of rotatable bonds is 3. The molecule has 7 aromatic carbocycles. The number of benzene rings is 7. The van der Waals surface area contributed by atoms with Gasteiger partial charge in [-0.1, -0.05) is 96.8 Å². The van der Waals surface area contributed by atoms with Crippen LogP contribution in [0.3, 0.4) is 0 Å². The van der Waals surface area contributed by atoms with E-state index in [0.29, 0.717) is 17.5 Å². The first-order chi connectivity index (χ1) is 31.7. The second kappa shape index (κ2) is 10.7. The SMILES string of the molecule is [2H]c1c([2H])c([2H])c2c(-c3c([2H])c([2H])c([2H])c4oc5c6c([2H])c([2H])c([2H])c([2H])c6c([2H])c([2H])c5c34)nc(-n3c4ccccc4c4cc5c(cc43)Cc3c-5ccc[n+]3-c3ccccc3)nc2c1[2H]. The van der Waals surface area contributed by atoms with Gasteiger partial charge in [0.2, 0.25) is 11.6 Å². The van der Waals surface area contributed by atoms with Crippen molar-refractivity contribution in [2.75, 3.05) is 0 Å². The van der Waals surface area contributed by atoms with Crippen molar-refractivity contribution in [2.45, 2.75) is 6.42 Å². The zero-order chi connectivity index (χ0) is 45.9. The van der Waals surface area contributed by atoms with Crippen molar-refractivity contribution < 1.29 is 26.8 Å². The van der Waals surface area contributed by atoms with E-state index in [4.69, 9.17) is 26.7 Å². The molecule has 0 atom stereocenters. The second-order valence-electron chi connectivity index (χ2n) is 13.0. The molecule has 0 saturated heterocycles. The van der Waals surface area contributed by atoms with Gasteiger partial charge < -0.3 is 4.42 Å².